The van der Waals surface area contributed by atoms with Gasteiger partial charge in [-0.2, -0.15) is 0 Å². The largest absolute Gasteiger partial charge is 0.299 e. The highest BCUT2D eigenvalue weighted by molar-refractivity contribution is 5.96. The standard InChI is InChI=1S/C8H8O2/c9-7-1-5-2-8(10)4-6(5)3-7/h1-4H2. The number of carbonyl (C=O) groups is 2. The van der Waals surface area contributed by atoms with Crippen LogP contribution in [0.15, 0.2) is 11.1 Å². The molecule has 0 N–H and O–H groups in total. The van der Waals surface area contributed by atoms with Crippen molar-refractivity contribution >= 4 is 11.6 Å². The second kappa shape index (κ2) is 1.78. The lowest BCUT2D eigenvalue weighted by molar-refractivity contribution is -0.118. The fraction of sp³-hybridized carbons (Fsp3) is 0.500. The zero-order valence-corrected chi connectivity index (χ0v) is 5.64. The van der Waals surface area contributed by atoms with Crippen LogP contribution in [0.4, 0.5) is 0 Å². The Morgan fingerprint density at radius 1 is 0.700 bits per heavy atom. The van der Waals surface area contributed by atoms with Crippen LogP contribution in [0.25, 0.3) is 0 Å². The Kier molecular flexibility index (Phi) is 1.04. The average Bonchev–Trinajstić information content (AvgIpc) is 2.21. The Morgan fingerprint density at radius 3 is 1.30 bits per heavy atom. The van der Waals surface area contributed by atoms with Crippen LogP contribution >= 0.6 is 0 Å². The van der Waals surface area contributed by atoms with Gasteiger partial charge >= 0.3 is 0 Å². The van der Waals surface area contributed by atoms with Gasteiger partial charge in [0.25, 0.3) is 0 Å². The maximum atomic E-state index is 10.8. The van der Waals surface area contributed by atoms with Gasteiger partial charge in [-0.25, -0.2) is 0 Å². The molecule has 0 bridgehead atoms. The van der Waals surface area contributed by atoms with Crippen molar-refractivity contribution in [2.24, 2.45) is 0 Å². The van der Waals surface area contributed by atoms with Crippen LogP contribution < -0.4 is 0 Å². The first kappa shape index (κ1) is 5.83. The van der Waals surface area contributed by atoms with E-state index in [1.807, 2.05) is 0 Å². The lowest BCUT2D eigenvalue weighted by atomic mass is 10.1. The van der Waals surface area contributed by atoms with Gasteiger partial charge in [-0.05, 0) is 0 Å². The van der Waals surface area contributed by atoms with Crippen LogP contribution in [-0.4, -0.2) is 11.6 Å². The molecule has 0 atom stereocenters. The molecule has 52 valence electrons. The van der Waals surface area contributed by atoms with E-state index >= 15 is 0 Å². The fourth-order valence-corrected chi connectivity index (χ4v) is 1.70. The molecule has 0 aromatic carbocycles. The minimum absolute atomic E-state index is 0.289. The fourth-order valence-electron chi connectivity index (χ4n) is 1.70. The molecule has 0 fully saturated rings. The summed E-state index contributed by atoms with van der Waals surface area (Å²) in [5.74, 6) is 0.579. The van der Waals surface area contributed by atoms with E-state index in [-0.39, 0.29) is 11.6 Å². The van der Waals surface area contributed by atoms with Crippen LogP contribution in [0.1, 0.15) is 25.7 Å². The summed E-state index contributed by atoms with van der Waals surface area (Å²) >= 11 is 0. The number of hydrogen-bond acceptors (Lipinski definition) is 2. The van der Waals surface area contributed by atoms with Crippen molar-refractivity contribution < 1.29 is 9.59 Å². The predicted molar refractivity (Wildman–Crippen MR) is 35.5 cm³/mol. The van der Waals surface area contributed by atoms with Gasteiger partial charge in [0.2, 0.25) is 0 Å². The zero-order valence-electron chi connectivity index (χ0n) is 5.64. The highest BCUT2D eigenvalue weighted by Gasteiger charge is 2.29. The molecule has 0 radical (unpaired) electrons. The second-order valence-corrected chi connectivity index (χ2v) is 2.99. The van der Waals surface area contributed by atoms with Crippen LogP contribution in [0.5, 0.6) is 0 Å². The molecule has 2 nitrogen and oxygen atoms in total. The summed E-state index contributed by atoms with van der Waals surface area (Å²) in [4.78, 5) is 21.6. The summed E-state index contributed by atoms with van der Waals surface area (Å²) in [5, 5.41) is 0. The van der Waals surface area contributed by atoms with Gasteiger partial charge in [0.05, 0.1) is 0 Å². The topological polar surface area (TPSA) is 34.1 Å². The molecule has 0 saturated carbocycles. The molecular weight excluding hydrogens is 128 g/mol. The molecule has 0 aromatic rings. The minimum atomic E-state index is 0.289. The minimum Gasteiger partial charge on any atom is -0.299 e. The summed E-state index contributed by atoms with van der Waals surface area (Å²) in [6.45, 7) is 0. The average molecular weight is 136 g/mol. The number of ketones is 2. The molecule has 0 amide bonds. The van der Waals surface area contributed by atoms with Crippen LogP contribution in [0.3, 0.4) is 0 Å². The van der Waals surface area contributed by atoms with Crippen molar-refractivity contribution in [2.75, 3.05) is 0 Å². The Labute approximate surface area is 58.9 Å². The summed E-state index contributed by atoms with van der Waals surface area (Å²) < 4.78 is 0. The molecule has 0 aromatic heterocycles. The SMILES string of the molecule is O=C1CC2=C(C1)CC(=O)C2. The third kappa shape index (κ3) is 0.719. The predicted octanol–water partition coefficient (Wildman–Crippen LogP) is 1.01. The van der Waals surface area contributed by atoms with Crippen molar-refractivity contribution in [1.29, 1.82) is 0 Å². The van der Waals surface area contributed by atoms with Gasteiger partial charge in [0, 0.05) is 25.7 Å². The summed E-state index contributed by atoms with van der Waals surface area (Å²) in [5.41, 5.74) is 2.24. The summed E-state index contributed by atoms with van der Waals surface area (Å²) in [7, 11) is 0. The smallest absolute Gasteiger partial charge is 0.140 e. The van der Waals surface area contributed by atoms with Gasteiger partial charge in [0.1, 0.15) is 11.6 Å². The highest BCUT2D eigenvalue weighted by atomic mass is 16.1. The Hall–Kier alpha value is -0.920. The molecule has 0 aliphatic heterocycles. The van der Waals surface area contributed by atoms with E-state index < -0.39 is 0 Å². The molecule has 0 heterocycles. The third-order valence-corrected chi connectivity index (χ3v) is 2.14. The first-order chi connectivity index (χ1) is 4.75. The Morgan fingerprint density at radius 2 is 1.00 bits per heavy atom. The molecule has 0 saturated heterocycles. The quantitative estimate of drug-likeness (QED) is 0.466. The van der Waals surface area contributed by atoms with Crippen LogP contribution in [0.2, 0.25) is 0 Å². The van der Waals surface area contributed by atoms with E-state index in [0.717, 1.165) is 11.1 Å². The number of allylic oxidation sites excluding steroid dienone is 2. The van der Waals surface area contributed by atoms with Crippen molar-refractivity contribution in [3.05, 3.63) is 11.1 Å². The molecule has 0 unspecified atom stereocenters. The molecule has 2 heteroatoms. The third-order valence-electron chi connectivity index (χ3n) is 2.14. The Bertz CT molecular complexity index is 202. The number of Topliss-reactive ketones (excluding diaryl/α,β-unsaturated/α-hetero) is 2. The molecule has 2 rings (SSSR count). The number of carbonyl (C=O) groups excluding carboxylic acids is 2. The van der Waals surface area contributed by atoms with Gasteiger partial charge in [0.15, 0.2) is 0 Å². The van der Waals surface area contributed by atoms with Crippen molar-refractivity contribution in [3.63, 3.8) is 0 Å². The van der Waals surface area contributed by atoms with E-state index in [9.17, 15) is 9.59 Å². The lowest BCUT2D eigenvalue weighted by Crippen LogP contribution is -1.97. The highest BCUT2D eigenvalue weighted by Crippen LogP contribution is 2.34. The summed E-state index contributed by atoms with van der Waals surface area (Å²) in [6.07, 6.45) is 2.23. The lowest BCUT2D eigenvalue weighted by Gasteiger charge is -1.90. The zero-order chi connectivity index (χ0) is 7.14. The molecule has 10 heavy (non-hydrogen) atoms. The number of hydrogen-bond donors (Lipinski definition) is 0. The molecule has 2 aliphatic rings. The molecule has 0 spiro atoms. The maximum absolute atomic E-state index is 10.8. The summed E-state index contributed by atoms with van der Waals surface area (Å²) in [6, 6.07) is 0. The van der Waals surface area contributed by atoms with E-state index in [1.54, 1.807) is 0 Å². The first-order valence-electron chi connectivity index (χ1n) is 3.49. The number of rotatable bonds is 0. The second-order valence-electron chi connectivity index (χ2n) is 2.99. The van der Waals surface area contributed by atoms with Gasteiger partial charge in [-0.3, -0.25) is 9.59 Å². The van der Waals surface area contributed by atoms with Crippen LogP contribution in [-0.2, 0) is 9.59 Å². The molecule has 2 aliphatic carbocycles. The van der Waals surface area contributed by atoms with E-state index in [0.29, 0.717) is 25.7 Å². The van der Waals surface area contributed by atoms with E-state index in [4.69, 9.17) is 0 Å². The monoisotopic (exact) mass is 136 g/mol. The van der Waals surface area contributed by atoms with Gasteiger partial charge in [-0.1, -0.05) is 11.1 Å². The molecular formula is C8H8O2. The van der Waals surface area contributed by atoms with Gasteiger partial charge < -0.3 is 0 Å². The Balaban J connectivity index is 2.24. The van der Waals surface area contributed by atoms with Crippen molar-refractivity contribution in [1.82, 2.24) is 0 Å². The van der Waals surface area contributed by atoms with Gasteiger partial charge in [-0.15, -0.1) is 0 Å². The van der Waals surface area contributed by atoms with E-state index in [2.05, 4.69) is 0 Å². The normalized spacial score (nSPS) is 24.4. The first-order valence-corrected chi connectivity index (χ1v) is 3.49. The van der Waals surface area contributed by atoms with E-state index in [1.165, 1.54) is 0 Å². The maximum Gasteiger partial charge on any atom is 0.140 e. The van der Waals surface area contributed by atoms with Crippen LogP contribution in [0, 0.1) is 0 Å². The van der Waals surface area contributed by atoms with Crippen molar-refractivity contribution in [3.8, 4) is 0 Å². The van der Waals surface area contributed by atoms with Crippen molar-refractivity contribution in [2.45, 2.75) is 25.7 Å².